The number of carbonyl (C=O) groups is 1. The number of anilines is 1. The van der Waals surface area contributed by atoms with Gasteiger partial charge in [-0.15, -0.1) is 0 Å². The van der Waals surface area contributed by atoms with Gasteiger partial charge in [0.2, 0.25) is 5.91 Å². The summed E-state index contributed by atoms with van der Waals surface area (Å²) in [6.45, 7) is 3.11. The smallest absolute Gasteiger partial charge is 0.261 e. The molecule has 6 nitrogen and oxygen atoms in total. The quantitative estimate of drug-likeness (QED) is 0.632. The molecule has 0 bridgehead atoms. The average Bonchev–Trinajstić information content (AvgIpc) is 3.48. The number of hydrogen-bond acceptors (Lipinski definition) is 4. The minimum atomic E-state index is -3.64. The molecule has 0 unspecified atom stereocenters. The maximum atomic E-state index is 12.6. The first kappa shape index (κ1) is 20.4. The number of sulfonamides is 1. The third-order valence-corrected chi connectivity index (χ3v) is 6.41. The topological polar surface area (TPSA) is 84.5 Å². The predicted octanol–water partition coefficient (Wildman–Crippen LogP) is 2.98. The van der Waals surface area contributed by atoms with Crippen LogP contribution in [0.5, 0.6) is 0 Å². The molecule has 2 aromatic rings. The van der Waals surface area contributed by atoms with Crippen LogP contribution in [0, 0.1) is 6.92 Å². The lowest BCUT2D eigenvalue weighted by molar-refractivity contribution is -0.123. The molecule has 1 saturated carbocycles. The Labute approximate surface area is 166 Å². The van der Waals surface area contributed by atoms with E-state index in [9.17, 15) is 13.2 Å². The summed E-state index contributed by atoms with van der Waals surface area (Å²) in [7, 11) is -2.00. The molecule has 0 heterocycles. The van der Waals surface area contributed by atoms with Gasteiger partial charge in [-0.05, 0) is 56.0 Å². The maximum Gasteiger partial charge on any atom is 0.261 e. The largest absolute Gasteiger partial charge is 0.385 e. The fourth-order valence-corrected chi connectivity index (χ4v) is 4.21. The summed E-state index contributed by atoms with van der Waals surface area (Å²) in [4.78, 5) is 12.8. The van der Waals surface area contributed by atoms with Crippen molar-refractivity contribution < 1.29 is 17.9 Å². The van der Waals surface area contributed by atoms with Crippen LogP contribution < -0.4 is 10.0 Å². The van der Waals surface area contributed by atoms with Crippen molar-refractivity contribution in [2.75, 3.05) is 25.0 Å². The van der Waals surface area contributed by atoms with E-state index in [0.717, 1.165) is 30.4 Å². The van der Waals surface area contributed by atoms with Gasteiger partial charge in [0, 0.05) is 25.9 Å². The lowest BCUT2D eigenvalue weighted by atomic mass is 9.95. The highest BCUT2D eigenvalue weighted by Gasteiger charge is 2.50. The summed E-state index contributed by atoms with van der Waals surface area (Å²) in [6, 6.07) is 13.8. The number of carbonyl (C=O) groups excluding carboxylic acids is 1. The number of aryl methyl sites for hydroxylation is 1. The van der Waals surface area contributed by atoms with Crippen LogP contribution in [-0.2, 0) is 25.0 Å². The molecule has 0 radical (unpaired) electrons. The second kappa shape index (κ2) is 8.32. The van der Waals surface area contributed by atoms with Gasteiger partial charge in [-0.3, -0.25) is 9.52 Å². The lowest BCUT2D eigenvalue weighted by Crippen LogP contribution is -2.35. The molecule has 1 aliphatic rings. The van der Waals surface area contributed by atoms with Gasteiger partial charge in [-0.1, -0.05) is 29.8 Å². The minimum absolute atomic E-state index is 0.0246. The van der Waals surface area contributed by atoms with Gasteiger partial charge in [0.1, 0.15) is 0 Å². The van der Waals surface area contributed by atoms with E-state index >= 15 is 0 Å². The van der Waals surface area contributed by atoms with Gasteiger partial charge in [-0.25, -0.2) is 8.42 Å². The molecular weight excluding hydrogens is 376 g/mol. The molecule has 0 aliphatic heterocycles. The van der Waals surface area contributed by atoms with Crippen molar-refractivity contribution in [2.24, 2.45) is 0 Å². The minimum Gasteiger partial charge on any atom is -0.385 e. The number of benzene rings is 2. The van der Waals surface area contributed by atoms with E-state index in [1.54, 1.807) is 43.5 Å². The van der Waals surface area contributed by atoms with E-state index in [1.807, 2.05) is 19.1 Å². The zero-order valence-corrected chi connectivity index (χ0v) is 17.0. The Morgan fingerprint density at radius 2 is 1.71 bits per heavy atom. The first-order valence-corrected chi connectivity index (χ1v) is 10.8. The van der Waals surface area contributed by atoms with Crippen LogP contribution in [-0.4, -0.2) is 34.6 Å². The second-order valence-electron chi connectivity index (χ2n) is 7.18. The number of nitrogens with one attached hydrogen (secondary N) is 2. The Morgan fingerprint density at radius 1 is 1.07 bits per heavy atom. The van der Waals surface area contributed by atoms with Crippen LogP contribution in [0.1, 0.15) is 30.4 Å². The maximum absolute atomic E-state index is 12.6. The van der Waals surface area contributed by atoms with E-state index in [4.69, 9.17) is 4.74 Å². The Bertz CT molecular complexity index is 918. The molecule has 0 spiro atoms. The molecule has 1 aliphatic carbocycles. The van der Waals surface area contributed by atoms with E-state index < -0.39 is 15.4 Å². The van der Waals surface area contributed by atoms with Crippen molar-refractivity contribution in [1.29, 1.82) is 0 Å². The Balaban J connectivity index is 1.66. The van der Waals surface area contributed by atoms with Gasteiger partial charge < -0.3 is 10.1 Å². The fourth-order valence-electron chi connectivity index (χ4n) is 3.15. The molecule has 0 saturated heterocycles. The van der Waals surface area contributed by atoms with Crippen molar-refractivity contribution in [3.05, 3.63) is 59.7 Å². The Morgan fingerprint density at radius 3 is 2.29 bits per heavy atom. The fraction of sp³-hybridized carbons (Fsp3) is 0.381. The van der Waals surface area contributed by atoms with Gasteiger partial charge >= 0.3 is 0 Å². The van der Waals surface area contributed by atoms with Gasteiger partial charge in [0.15, 0.2) is 0 Å². The summed E-state index contributed by atoms with van der Waals surface area (Å²) in [6.07, 6.45) is 2.38. The molecule has 3 rings (SSSR count). The van der Waals surface area contributed by atoms with Crippen molar-refractivity contribution in [1.82, 2.24) is 5.32 Å². The number of hydrogen-bond donors (Lipinski definition) is 2. The van der Waals surface area contributed by atoms with Crippen LogP contribution in [0.4, 0.5) is 5.69 Å². The van der Waals surface area contributed by atoms with Crippen molar-refractivity contribution in [2.45, 2.75) is 36.5 Å². The standard InChI is InChI=1S/C21H26N2O4S/c1-16-4-10-19(11-5-16)28(25,26)23-18-8-6-17(7-9-18)21(12-13-21)20(24)22-14-3-15-27-2/h4-11,23H,3,12-15H2,1-2H3,(H,22,24). The van der Waals surface area contributed by atoms with E-state index in [0.29, 0.717) is 18.8 Å². The molecule has 28 heavy (non-hydrogen) atoms. The molecule has 7 heteroatoms. The monoisotopic (exact) mass is 402 g/mol. The molecular formula is C21H26N2O4S. The molecule has 2 N–H and O–H groups in total. The summed E-state index contributed by atoms with van der Waals surface area (Å²) >= 11 is 0. The number of rotatable bonds is 9. The van der Waals surface area contributed by atoms with Gasteiger partial charge in [-0.2, -0.15) is 0 Å². The second-order valence-corrected chi connectivity index (χ2v) is 8.86. The number of ether oxygens (including phenoxy) is 1. The highest BCUT2D eigenvalue weighted by atomic mass is 32.2. The van der Waals surface area contributed by atoms with Crippen LogP contribution in [0.2, 0.25) is 0 Å². The van der Waals surface area contributed by atoms with Gasteiger partial charge in [0.05, 0.1) is 10.3 Å². The summed E-state index contributed by atoms with van der Waals surface area (Å²) in [5.74, 6) is 0.0246. The first-order valence-electron chi connectivity index (χ1n) is 9.35. The number of amides is 1. The van der Waals surface area contributed by atoms with Gasteiger partial charge in [0.25, 0.3) is 10.0 Å². The van der Waals surface area contributed by atoms with E-state index in [2.05, 4.69) is 10.0 Å². The summed E-state index contributed by atoms with van der Waals surface area (Å²) < 4.78 is 32.6. The third-order valence-electron chi connectivity index (χ3n) is 5.02. The van der Waals surface area contributed by atoms with Crippen LogP contribution >= 0.6 is 0 Å². The van der Waals surface area contributed by atoms with E-state index in [-0.39, 0.29) is 10.8 Å². The Hall–Kier alpha value is -2.38. The van der Waals surface area contributed by atoms with Crippen molar-refractivity contribution in [3.63, 3.8) is 0 Å². The van der Waals surface area contributed by atoms with Crippen molar-refractivity contribution in [3.8, 4) is 0 Å². The molecule has 150 valence electrons. The average molecular weight is 403 g/mol. The zero-order chi connectivity index (χ0) is 20.2. The molecule has 1 fully saturated rings. The molecule has 2 aromatic carbocycles. The first-order chi connectivity index (χ1) is 13.4. The predicted molar refractivity (Wildman–Crippen MR) is 109 cm³/mol. The van der Waals surface area contributed by atoms with E-state index in [1.165, 1.54) is 0 Å². The zero-order valence-electron chi connectivity index (χ0n) is 16.2. The summed E-state index contributed by atoms with van der Waals surface area (Å²) in [5, 5.41) is 2.97. The number of methoxy groups -OCH3 is 1. The normalized spacial score (nSPS) is 15.1. The van der Waals surface area contributed by atoms with Crippen LogP contribution in [0.3, 0.4) is 0 Å². The highest BCUT2D eigenvalue weighted by molar-refractivity contribution is 7.92. The highest BCUT2D eigenvalue weighted by Crippen LogP contribution is 2.48. The van der Waals surface area contributed by atoms with Crippen LogP contribution in [0.15, 0.2) is 53.4 Å². The molecule has 0 atom stereocenters. The lowest BCUT2D eigenvalue weighted by Gasteiger charge is -2.16. The Kier molecular flexibility index (Phi) is 6.05. The molecule has 0 aromatic heterocycles. The SMILES string of the molecule is COCCCNC(=O)C1(c2ccc(NS(=O)(=O)c3ccc(C)cc3)cc2)CC1. The van der Waals surface area contributed by atoms with Crippen molar-refractivity contribution >= 4 is 21.6 Å². The third kappa shape index (κ3) is 4.54. The molecule has 1 amide bonds. The summed E-state index contributed by atoms with van der Waals surface area (Å²) in [5.41, 5.74) is 1.90. The van der Waals surface area contributed by atoms with Crippen LogP contribution in [0.25, 0.3) is 0 Å².